The van der Waals surface area contributed by atoms with E-state index in [0.717, 1.165) is 35.9 Å². The highest BCUT2D eigenvalue weighted by molar-refractivity contribution is 6.02. The fraction of sp³-hybridized carbons (Fsp3) is 0.429. The summed E-state index contributed by atoms with van der Waals surface area (Å²) in [6.45, 7) is 6.18. The molecular weight excluding hydrogens is 412 g/mol. The van der Waals surface area contributed by atoms with E-state index in [4.69, 9.17) is 4.42 Å². The van der Waals surface area contributed by atoms with Gasteiger partial charge in [0.2, 0.25) is 0 Å². The molecule has 0 aliphatic carbocycles. The van der Waals surface area contributed by atoms with Crippen molar-refractivity contribution in [1.82, 2.24) is 10.2 Å². The lowest BCUT2D eigenvalue weighted by atomic mass is 9.76. The predicted octanol–water partition coefficient (Wildman–Crippen LogP) is 5.54. The van der Waals surface area contributed by atoms with E-state index in [1.807, 2.05) is 48.5 Å². The maximum absolute atomic E-state index is 13.1. The quantitative estimate of drug-likeness (QED) is 0.366. The number of hydrogen-bond donors (Lipinski definition) is 1. The summed E-state index contributed by atoms with van der Waals surface area (Å²) in [5.41, 5.74) is 3.15. The SMILES string of the molecule is CCCCNC(=O)c1cccc(-c2cccc3cc(C(=O)C[C@@H]4CN5CCC4CC5)oc23)c1. The number of nitrogens with one attached hydrogen (secondary N) is 1. The van der Waals surface area contributed by atoms with Gasteiger partial charge in [-0.05, 0) is 68.0 Å². The van der Waals surface area contributed by atoms with Crippen LogP contribution >= 0.6 is 0 Å². The number of carbonyl (C=O) groups excluding carboxylic acids is 2. The first-order chi connectivity index (χ1) is 16.1. The Morgan fingerprint density at radius 3 is 2.67 bits per heavy atom. The zero-order valence-electron chi connectivity index (χ0n) is 19.3. The van der Waals surface area contributed by atoms with Gasteiger partial charge in [0.1, 0.15) is 5.58 Å². The van der Waals surface area contributed by atoms with Crippen LogP contribution in [0.5, 0.6) is 0 Å². The average Bonchev–Trinajstić information content (AvgIpc) is 3.30. The van der Waals surface area contributed by atoms with Crippen LogP contribution in [0, 0.1) is 11.8 Å². The van der Waals surface area contributed by atoms with E-state index in [1.165, 1.54) is 25.9 Å². The van der Waals surface area contributed by atoms with Gasteiger partial charge in [-0.25, -0.2) is 0 Å². The van der Waals surface area contributed by atoms with E-state index in [1.54, 1.807) is 0 Å². The Morgan fingerprint density at radius 2 is 1.91 bits per heavy atom. The molecule has 0 unspecified atom stereocenters. The maximum atomic E-state index is 13.1. The largest absolute Gasteiger partial charge is 0.452 e. The molecule has 1 aromatic heterocycles. The monoisotopic (exact) mass is 444 g/mol. The molecule has 2 aromatic carbocycles. The Labute approximate surface area is 195 Å². The molecule has 172 valence electrons. The molecule has 3 aromatic rings. The van der Waals surface area contributed by atoms with Crippen LogP contribution in [0.4, 0.5) is 0 Å². The first kappa shape index (κ1) is 21.9. The number of unbranched alkanes of at least 4 members (excludes halogenated alkanes) is 1. The van der Waals surface area contributed by atoms with Crippen LogP contribution in [0.1, 0.15) is 59.9 Å². The number of para-hydroxylation sites is 1. The maximum Gasteiger partial charge on any atom is 0.251 e. The number of rotatable bonds is 8. The van der Waals surface area contributed by atoms with Crippen molar-refractivity contribution in [3.05, 3.63) is 59.9 Å². The highest BCUT2D eigenvalue weighted by Gasteiger charge is 2.35. The molecule has 3 aliphatic heterocycles. The van der Waals surface area contributed by atoms with Crippen molar-refractivity contribution in [1.29, 1.82) is 0 Å². The van der Waals surface area contributed by atoms with Gasteiger partial charge in [-0.2, -0.15) is 0 Å². The number of Topliss-reactive ketones (excluding diaryl/α,β-unsaturated/α-hetero) is 1. The molecule has 1 amide bonds. The van der Waals surface area contributed by atoms with E-state index in [-0.39, 0.29) is 11.7 Å². The number of hydrogen-bond acceptors (Lipinski definition) is 4. The smallest absolute Gasteiger partial charge is 0.251 e. The summed E-state index contributed by atoms with van der Waals surface area (Å²) in [5.74, 6) is 1.59. The number of piperidine rings is 3. The molecule has 3 saturated heterocycles. The molecule has 1 atom stereocenters. The van der Waals surface area contributed by atoms with Crippen LogP contribution in [0.2, 0.25) is 0 Å². The minimum atomic E-state index is -0.0645. The Bertz CT molecular complexity index is 1160. The Morgan fingerprint density at radius 1 is 1.09 bits per heavy atom. The van der Waals surface area contributed by atoms with Gasteiger partial charge in [0.25, 0.3) is 5.91 Å². The topological polar surface area (TPSA) is 62.6 Å². The first-order valence-corrected chi connectivity index (χ1v) is 12.3. The van der Waals surface area contributed by atoms with E-state index in [9.17, 15) is 9.59 Å². The lowest BCUT2D eigenvalue weighted by Crippen LogP contribution is -2.47. The van der Waals surface area contributed by atoms with Crippen LogP contribution in [0.25, 0.3) is 22.1 Å². The molecule has 3 fully saturated rings. The number of carbonyl (C=O) groups is 2. The normalized spacial score (nSPS) is 21.9. The summed E-state index contributed by atoms with van der Waals surface area (Å²) in [6.07, 6.45) is 4.99. The Balaban J connectivity index is 1.37. The minimum Gasteiger partial charge on any atom is -0.452 e. The van der Waals surface area contributed by atoms with Gasteiger partial charge in [-0.15, -0.1) is 0 Å². The van der Waals surface area contributed by atoms with Gasteiger partial charge < -0.3 is 14.6 Å². The fourth-order valence-corrected chi connectivity index (χ4v) is 5.39. The van der Waals surface area contributed by atoms with Crippen molar-refractivity contribution in [3.8, 4) is 11.1 Å². The van der Waals surface area contributed by atoms with Crippen LogP contribution < -0.4 is 5.32 Å². The number of furan rings is 1. The second-order valence-corrected chi connectivity index (χ2v) is 9.55. The average molecular weight is 445 g/mol. The third kappa shape index (κ3) is 4.60. The molecule has 2 bridgehead atoms. The standard InChI is InChI=1S/C28H32N2O3/c1-2-3-12-29-28(32)22-8-4-6-20(15-22)24-9-5-7-21-17-26(33-27(21)24)25(31)16-23-18-30-13-10-19(23)11-14-30/h4-9,15,17,19,23H,2-3,10-14,16,18H2,1H3,(H,29,32)/t23-/m1/s1. The summed E-state index contributed by atoms with van der Waals surface area (Å²) in [5, 5.41) is 3.89. The number of fused-ring (bicyclic) bond motifs is 4. The molecule has 3 aliphatic rings. The summed E-state index contributed by atoms with van der Waals surface area (Å²) < 4.78 is 6.15. The lowest BCUT2D eigenvalue weighted by Gasteiger charge is -2.44. The van der Waals surface area contributed by atoms with Gasteiger partial charge >= 0.3 is 0 Å². The zero-order valence-corrected chi connectivity index (χ0v) is 19.3. The molecule has 5 heteroatoms. The van der Waals surface area contributed by atoms with Crippen molar-refractivity contribution in [2.24, 2.45) is 11.8 Å². The predicted molar refractivity (Wildman–Crippen MR) is 130 cm³/mol. The molecule has 6 rings (SSSR count). The summed E-state index contributed by atoms with van der Waals surface area (Å²) in [7, 11) is 0. The van der Waals surface area contributed by atoms with Crippen LogP contribution in [0.15, 0.2) is 52.9 Å². The van der Waals surface area contributed by atoms with Crippen LogP contribution in [-0.2, 0) is 0 Å². The molecule has 1 N–H and O–H groups in total. The van der Waals surface area contributed by atoms with Crippen LogP contribution in [-0.4, -0.2) is 42.8 Å². The third-order valence-electron chi connectivity index (χ3n) is 7.31. The molecule has 0 radical (unpaired) electrons. The van der Waals surface area contributed by atoms with Crippen molar-refractivity contribution < 1.29 is 14.0 Å². The molecule has 33 heavy (non-hydrogen) atoms. The van der Waals surface area contributed by atoms with Gasteiger partial charge in [-0.3, -0.25) is 9.59 Å². The molecule has 4 heterocycles. The second-order valence-electron chi connectivity index (χ2n) is 9.55. The third-order valence-corrected chi connectivity index (χ3v) is 7.31. The van der Waals surface area contributed by atoms with Crippen molar-refractivity contribution in [2.45, 2.75) is 39.0 Å². The van der Waals surface area contributed by atoms with E-state index in [2.05, 4.69) is 17.1 Å². The Hall–Kier alpha value is -2.92. The van der Waals surface area contributed by atoms with E-state index in [0.29, 0.717) is 41.7 Å². The highest BCUT2D eigenvalue weighted by Crippen LogP contribution is 2.36. The van der Waals surface area contributed by atoms with Gasteiger partial charge in [0.15, 0.2) is 11.5 Å². The van der Waals surface area contributed by atoms with E-state index >= 15 is 0 Å². The number of amides is 1. The van der Waals surface area contributed by atoms with Crippen molar-refractivity contribution >= 4 is 22.7 Å². The lowest BCUT2D eigenvalue weighted by molar-refractivity contribution is 0.0433. The van der Waals surface area contributed by atoms with Gasteiger partial charge in [0.05, 0.1) is 0 Å². The fourth-order valence-electron chi connectivity index (χ4n) is 5.39. The molecule has 0 saturated carbocycles. The summed E-state index contributed by atoms with van der Waals surface area (Å²) in [4.78, 5) is 28.1. The first-order valence-electron chi connectivity index (χ1n) is 12.3. The summed E-state index contributed by atoms with van der Waals surface area (Å²) >= 11 is 0. The van der Waals surface area contributed by atoms with Gasteiger partial charge in [0, 0.05) is 36.0 Å². The van der Waals surface area contributed by atoms with Gasteiger partial charge in [-0.1, -0.05) is 43.7 Å². The molecule has 5 nitrogen and oxygen atoms in total. The number of ketones is 1. The van der Waals surface area contributed by atoms with Crippen molar-refractivity contribution in [2.75, 3.05) is 26.2 Å². The second kappa shape index (κ2) is 9.52. The molecule has 0 spiro atoms. The highest BCUT2D eigenvalue weighted by atomic mass is 16.3. The number of benzene rings is 2. The Kier molecular flexibility index (Phi) is 6.32. The van der Waals surface area contributed by atoms with Crippen molar-refractivity contribution in [3.63, 3.8) is 0 Å². The minimum absolute atomic E-state index is 0.0645. The van der Waals surface area contributed by atoms with E-state index < -0.39 is 0 Å². The zero-order chi connectivity index (χ0) is 22.8. The molecular formula is C28H32N2O3. The summed E-state index contributed by atoms with van der Waals surface area (Å²) in [6, 6.07) is 15.4. The van der Waals surface area contributed by atoms with Crippen LogP contribution in [0.3, 0.4) is 0 Å². The number of nitrogens with zero attached hydrogens (tertiary/aromatic N) is 1.